The fourth-order valence-corrected chi connectivity index (χ4v) is 2.19. The van der Waals surface area contributed by atoms with E-state index >= 15 is 0 Å². The van der Waals surface area contributed by atoms with Gasteiger partial charge in [-0.1, -0.05) is 18.2 Å². The Morgan fingerprint density at radius 1 is 1.32 bits per heavy atom. The van der Waals surface area contributed by atoms with E-state index < -0.39 is 11.5 Å². The van der Waals surface area contributed by atoms with Crippen molar-refractivity contribution in [3.63, 3.8) is 0 Å². The van der Waals surface area contributed by atoms with Crippen molar-refractivity contribution >= 4 is 17.6 Å². The molecule has 0 saturated heterocycles. The van der Waals surface area contributed by atoms with Crippen molar-refractivity contribution in [1.29, 1.82) is 0 Å². The fourth-order valence-electron chi connectivity index (χ4n) is 2.19. The van der Waals surface area contributed by atoms with E-state index in [2.05, 4.69) is 10.4 Å². The smallest absolute Gasteiger partial charge is 0.331 e. The van der Waals surface area contributed by atoms with Gasteiger partial charge in [-0.25, -0.2) is 4.79 Å². The number of rotatable bonds is 7. The molecule has 0 radical (unpaired) electrons. The van der Waals surface area contributed by atoms with Crippen molar-refractivity contribution in [1.82, 2.24) is 9.78 Å². The zero-order valence-corrected chi connectivity index (χ0v) is 14.8. The van der Waals surface area contributed by atoms with Gasteiger partial charge in [-0.15, -0.1) is 0 Å². The van der Waals surface area contributed by atoms with Crippen LogP contribution in [0.5, 0.6) is 5.75 Å². The van der Waals surface area contributed by atoms with Crippen molar-refractivity contribution in [3.8, 4) is 5.75 Å². The summed E-state index contributed by atoms with van der Waals surface area (Å²) in [7, 11) is 0. The second kappa shape index (κ2) is 7.38. The molecule has 7 nitrogen and oxygen atoms in total. The van der Waals surface area contributed by atoms with Gasteiger partial charge in [-0.3, -0.25) is 9.48 Å². The zero-order chi connectivity index (χ0) is 18.6. The third-order valence-corrected chi connectivity index (χ3v) is 3.65. The van der Waals surface area contributed by atoms with Crippen LogP contribution in [0, 0.1) is 0 Å². The van der Waals surface area contributed by atoms with Gasteiger partial charge in [0, 0.05) is 11.8 Å². The van der Waals surface area contributed by atoms with Crippen LogP contribution in [-0.2, 0) is 21.5 Å². The predicted molar refractivity (Wildman–Crippen MR) is 93.7 cm³/mol. The Hall–Kier alpha value is -2.83. The maximum absolute atomic E-state index is 12.3. The molecule has 1 amide bonds. The van der Waals surface area contributed by atoms with E-state index in [4.69, 9.17) is 4.74 Å². The summed E-state index contributed by atoms with van der Waals surface area (Å²) in [4.78, 5) is 23.6. The highest BCUT2D eigenvalue weighted by Gasteiger charge is 2.30. The first kappa shape index (κ1) is 18.5. The van der Waals surface area contributed by atoms with Gasteiger partial charge in [0.05, 0.1) is 24.4 Å². The number of carbonyl (C=O) groups is 2. The van der Waals surface area contributed by atoms with Crippen LogP contribution >= 0.6 is 0 Å². The van der Waals surface area contributed by atoms with Crippen molar-refractivity contribution in [3.05, 3.63) is 42.2 Å². The molecule has 0 aliphatic heterocycles. The Morgan fingerprint density at radius 3 is 2.64 bits per heavy atom. The zero-order valence-electron chi connectivity index (χ0n) is 14.8. The minimum Gasteiger partial charge on any atom is -0.491 e. The first-order valence-corrected chi connectivity index (χ1v) is 8.03. The van der Waals surface area contributed by atoms with Crippen molar-refractivity contribution in [2.45, 2.75) is 45.8 Å². The number of para-hydroxylation sites is 1. The van der Waals surface area contributed by atoms with Crippen LogP contribution in [0.2, 0.25) is 0 Å². The number of nitrogens with zero attached hydrogens (tertiary/aromatic N) is 2. The van der Waals surface area contributed by atoms with Gasteiger partial charge in [0.15, 0.2) is 5.54 Å². The standard InChI is InChI=1S/C18H23N3O4/c1-12(2)25-15-8-6-5-7-13(15)9-16(22)20-14-10-19-21(11-14)18(3,4)17(23)24/h5-8,10-12H,9H2,1-4H3,(H,20,22)(H,23,24). The molecule has 134 valence electrons. The summed E-state index contributed by atoms with van der Waals surface area (Å²) < 4.78 is 7.02. The van der Waals surface area contributed by atoms with E-state index in [0.717, 1.165) is 5.56 Å². The topological polar surface area (TPSA) is 93.5 Å². The number of benzene rings is 1. The lowest BCUT2D eigenvalue weighted by Crippen LogP contribution is -2.35. The minimum absolute atomic E-state index is 0.0145. The summed E-state index contributed by atoms with van der Waals surface area (Å²) in [5.74, 6) is -0.559. The van der Waals surface area contributed by atoms with Crippen molar-refractivity contribution in [2.75, 3.05) is 5.32 Å². The second-order valence-corrected chi connectivity index (χ2v) is 6.54. The van der Waals surface area contributed by atoms with Crippen LogP contribution in [0.25, 0.3) is 0 Å². The first-order chi connectivity index (χ1) is 11.7. The molecule has 0 saturated carbocycles. The summed E-state index contributed by atoms with van der Waals surface area (Å²) in [6.45, 7) is 6.92. The highest BCUT2D eigenvalue weighted by Crippen LogP contribution is 2.21. The molecule has 0 atom stereocenters. The number of hydrogen-bond donors (Lipinski definition) is 2. The summed E-state index contributed by atoms with van der Waals surface area (Å²) in [5.41, 5.74) is 0.0364. The predicted octanol–water partition coefficient (Wildman–Crippen LogP) is 2.67. The lowest BCUT2D eigenvalue weighted by molar-refractivity contribution is -0.146. The first-order valence-electron chi connectivity index (χ1n) is 8.03. The van der Waals surface area contributed by atoms with Crippen molar-refractivity contribution < 1.29 is 19.4 Å². The molecule has 2 rings (SSSR count). The van der Waals surface area contributed by atoms with Crippen LogP contribution in [0.15, 0.2) is 36.7 Å². The molecule has 7 heteroatoms. The molecule has 1 aromatic heterocycles. The van der Waals surface area contributed by atoms with Gasteiger partial charge >= 0.3 is 5.97 Å². The highest BCUT2D eigenvalue weighted by atomic mass is 16.5. The number of aliphatic carboxylic acids is 1. The second-order valence-electron chi connectivity index (χ2n) is 6.54. The van der Waals surface area contributed by atoms with Gasteiger partial charge in [0.25, 0.3) is 0 Å². The molecule has 25 heavy (non-hydrogen) atoms. The van der Waals surface area contributed by atoms with Gasteiger partial charge in [0.2, 0.25) is 5.91 Å². The van der Waals surface area contributed by atoms with Crippen LogP contribution < -0.4 is 10.1 Å². The Labute approximate surface area is 146 Å². The third kappa shape index (κ3) is 4.59. The quantitative estimate of drug-likeness (QED) is 0.805. The Kier molecular flexibility index (Phi) is 5.46. The number of carbonyl (C=O) groups excluding carboxylic acids is 1. The molecule has 0 aliphatic carbocycles. The van der Waals surface area contributed by atoms with Crippen LogP contribution in [0.1, 0.15) is 33.3 Å². The maximum atomic E-state index is 12.3. The molecule has 0 spiro atoms. The van der Waals surface area contributed by atoms with Crippen LogP contribution in [0.3, 0.4) is 0 Å². The van der Waals surface area contributed by atoms with Crippen molar-refractivity contribution in [2.24, 2.45) is 0 Å². The Balaban J connectivity index is 2.07. The third-order valence-electron chi connectivity index (χ3n) is 3.65. The summed E-state index contributed by atoms with van der Waals surface area (Å²) >= 11 is 0. The number of anilines is 1. The largest absolute Gasteiger partial charge is 0.491 e. The van der Waals surface area contributed by atoms with Crippen LogP contribution in [-0.4, -0.2) is 32.9 Å². The molecule has 1 aromatic carbocycles. The average Bonchev–Trinajstić information content (AvgIpc) is 2.97. The number of aromatic nitrogens is 2. The Bertz CT molecular complexity index is 765. The molecule has 0 aliphatic rings. The summed E-state index contributed by atoms with van der Waals surface area (Å²) in [6.07, 6.45) is 3.10. The molecular formula is C18H23N3O4. The normalized spacial score (nSPS) is 11.4. The molecule has 0 bridgehead atoms. The number of hydrogen-bond acceptors (Lipinski definition) is 4. The molecule has 2 aromatic rings. The van der Waals surface area contributed by atoms with Gasteiger partial charge in [-0.05, 0) is 33.8 Å². The van der Waals surface area contributed by atoms with E-state index in [9.17, 15) is 14.7 Å². The van der Waals surface area contributed by atoms with Gasteiger partial charge < -0.3 is 15.2 Å². The highest BCUT2D eigenvalue weighted by molar-refractivity contribution is 5.92. The lowest BCUT2D eigenvalue weighted by atomic mass is 10.1. The molecule has 0 unspecified atom stereocenters. The Morgan fingerprint density at radius 2 is 2.00 bits per heavy atom. The lowest BCUT2D eigenvalue weighted by Gasteiger charge is -2.19. The SMILES string of the molecule is CC(C)Oc1ccccc1CC(=O)Nc1cnn(C(C)(C)C(=O)O)c1. The molecular weight excluding hydrogens is 322 g/mol. The average molecular weight is 345 g/mol. The van der Waals surface area contributed by atoms with E-state index in [1.165, 1.54) is 30.9 Å². The summed E-state index contributed by atoms with van der Waals surface area (Å²) in [5, 5.41) is 16.0. The summed E-state index contributed by atoms with van der Waals surface area (Å²) in [6, 6.07) is 7.38. The van der Waals surface area contributed by atoms with Crippen LogP contribution in [0.4, 0.5) is 5.69 Å². The molecule has 1 heterocycles. The fraction of sp³-hybridized carbons (Fsp3) is 0.389. The molecule has 2 N–H and O–H groups in total. The van der Waals surface area contributed by atoms with Gasteiger partial charge in [-0.2, -0.15) is 5.10 Å². The minimum atomic E-state index is -1.19. The number of nitrogens with one attached hydrogen (secondary N) is 1. The molecule has 0 fully saturated rings. The number of amides is 1. The van der Waals surface area contributed by atoms with E-state index in [0.29, 0.717) is 11.4 Å². The van der Waals surface area contributed by atoms with E-state index in [-0.39, 0.29) is 18.4 Å². The van der Waals surface area contributed by atoms with E-state index in [1.54, 1.807) is 0 Å². The number of ether oxygens (including phenoxy) is 1. The maximum Gasteiger partial charge on any atom is 0.331 e. The van der Waals surface area contributed by atoms with E-state index in [1.807, 2.05) is 38.1 Å². The number of carboxylic acid groups (broad SMARTS) is 1. The monoisotopic (exact) mass is 345 g/mol. The van der Waals surface area contributed by atoms with Gasteiger partial charge in [0.1, 0.15) is 5.75 Å². The number of carboxylic acids is 1.